The van der Waals surface area contributed by atoms with E-state index >= 15 is 0 Å². The average molecular weight is 467 g/mol. The molecule has 28 heavy (non-hydrogen) atoms. The third-order valence-corrected chi connectivity index (χ3v) is 4.70. The van der Waals surface area contributed by atoms with Gasteiger partial charge in [-0.05, 0) is 25.1 Å². The molecule has 0 saturated heterocycles. The number of amides is 1. The number of halogens is 3. The summed E-state index contributed by atoms with van der Waals surface area (Å²) in [5.41, 5.74) is 0.964. The first kappa shape index (κ1) is 20.0. The number of alkyl halides is 1. The zero-order valence-electron chi connectivity index (χ0n) is 14.6. The Morgan fingerprint density at radius 1 is 1.50 bits per heavy atom. The molecule has 0 aliphatic carbocycles. The molecule has 0 fully saturated rings. The fraction of sp³-hybridized carbons (Fsp3) is 0.222. The number of benzene rings is 1. The number of aromatic nitrogens is 3. The van der Waals surface area contributed by atoms with E-state index in [1.165, 1.54) is 12.1 Å². The number of hydrogen-bond acceptors (Lipinski definition) is 5. The minimum absolute atomic E-state index is 0.0307. The van der Waals surface area contributed by atoms with Crippen LogP contribution in [0.5, 0.6) is 0 Å². The van der Waals surface area contributed by atoms with Crippen molar-refractivity contribution in [2.24, 2.45) is 0 Å². The average Bonchev–Trinajstić information content (AvgIpc) is 3.30. The first-order valence-electron chi connectivity index (χ1n) is 8.16. The van der Waals surface area contributed by atoms with Gasteiger partial charge in [0.05, 0.1) is 22.6 Å². The molecule has 2 aromatic heterocycles. The van der Waals surface area contributed by atoms with Gasteiger partial charge in [0, 0.05) is 23.9 Å². The Hall–Kier alpha value is -2.70. The van der Waals surface area contributed by atoms with E-state index in [1.807, 2.05) is 6.92 Å². The van der Waals surface area contributed by atoms with Crippen molar-refractivity contribution in [3.05, 3.63) is 58.3 Å². The molecule has 3 rings (SSSR count). The van der Waals surface area contributed by atoms with Gasteiger partial charge < -0.3 is 9.84 Å². The quantitative estimate of drug-likeness (QED) is 0.556. The van der Waals surface area contributed by atoms with E-state index in [9.17, 15) is 9.18 Å². The molecule has 1 unspecified atom stereocenters. The molecule has 3 aromatic rings. The second-order valence-corrected chi connectivity index (χ2v) is 7.00. The van der Waals surface area contributed by atoms with Crippen molar-refractivity contribution in [1.82, 2.24) is 20.3 Å². The van der Waals surface area contributed by atoms with E-state index < -0.39 is 5.82 Å². The van der Waals surface area contributed by atoms with Gasteiger partial charge in [0.15, 0.2) is 5.69 Å². The van der Waals surface area contributed by atoms with E-state index in [2.05, 4.69) is 31.5 Å². The molecule has 0 aliphatic rings. The van der Waals surface area contributed by atoms with Crippen molar-refractivity contribution in [3.63, 3.8) is 0 Å². The summed E-state index contributed by atoms with van der Waals surface area (Å²) in [6, 6.07) is 7.45. The van der Waals surface area contributed by atoms with Crippen molar-refractivity contribution in [1.29, 1.82) is 5.26 Å². The highest BCUT2D eigenvalue weighted by molar-refractivity contribution is 9.08. The lowest BCUT2D eigenvalue weighted by atomic mass is 10.1. The highest BCUT2D eigenvalue weighted by Crippen LogP contribution is 2.26. The van der Waals surface area contributed by atoms with Gasteiger partial charge in [-0.15, -0.1) is 0 Å². The molecule has 0 aliphatic heterocycles. The Morgan fingerprint density at radius 3 is 2.93 bits per heavy atom. The van der Waals surface area contributed by atoms with E-state index in [0.717, 1.165) is 0 Å². The summed E-state index contributed by atoms with van der Waals surface area (Å²) in [5.74, 6) is -0.491. The van der Waals surface area contributed by atoms with Crippen LogP contribution in [-0.4, -0.2) is 26.9 Å². The predicted molar refractivity (Wildman–Crippen MR) is 103 cm³/mol. The number of carbonyl (C=O) groups is 1. The predicted octanol–water partition coefficient (Wildman–Crippen LogP) is 3.92. The molecule has 1 atom stereocenters. The lowest BCUT2D eigenvalue weighted by Gasteiger charge is -2.12. The third kappa shape index (κ3) is 4.40. The van der Waals surface area contributed by atoms with Gasteiger partial charge in [-0.3, -0.25) is 9.48 Å². The van der Waals surface area contributed by atoms with Crippen LogP contribution in [-0.2, 0) is 11.9 Å². The van der Waals surface area contributed by atoms with Gasteiger partial charge >= 0.3 is 0 Å². The molecule has 1 aromatic carbocycles. The van der Waals surface area contributed by atoms with Crippen LogP contribution in [0.4, 0.5) is 4.39 Å². The summed E-state index contributed by atoms with van der Waals surface area (Å²) < 4.78 is 20.5. The van der Waals surface area contributed by atoms with Crippen molar-refractivity contribution in [2.75, 3.05) is 0 Å². The minimum Gasteiger partial charge on any atom is -0.360 e. The molecule has 1 amide bonds. The molecular weight excluding hydrogens is 453 g/mol. The van der Waals surface area contributed by atoms with Crippen LogP contribution >= 0.6 is 27.5 Å². The normalized spacial score (nSPS) is 11.8. The van der Waals surface area contributed by atoms with E-state index in [0.29, 0.717) is 28.9 Å². The lowest BCUT2D eigenvalue weighted by molar-refractivity contribution is 0.0927. The number of nitriles is 1. The molecule has 0 bridgehead atoms. The summed E-state index contributed by atoms with van der Waals surface area (Å²) in [6.07, 6.45) is 1.71. The first-order chi connectivity index (χ1) is 13.4. The summed E-state index contributed by atoms with van der Waals surface area (Å²) >= 11 is 9.17. The highest BCUT2D eigenvalue weighted by Gasteiger charge is 2.16. The second-order valence-electron chi connectivity index (χ2n) is 6.04. The van der Waals surface area contributed by atoms with Crippen LogP contribution in [0, 0.1) is 17.1 Å². The number of hydrogen-bond donors (Lipinski definition) is 1. The topological polar surface area (TPSA) is 96.7 Å². The Bertz CT molecular complexity index is 1040. The SMILES string of the molecule is CC(Cn1ccc(-c2cc(F)c(C#N)c(Cl)c2)n1)NC(=O)c1cc(CBr)on1. The third-order valence-electron chi connectivity index (χ3n) is 3.85. The van der Waals surface area contributed by atoms with Gasteiger partial charge in [-0.25, -0.2) is 4.39 Å². The van der Waals surface area contributed by atoms with Crippen molar-refractivity contribution in [3.8, 4) is 17.3 Å². The molecule has 0 spiro atoms. The van der Waals surface area contributed by atoms with Crippen LogP contribution in [0.2, 0.25) is 5.02 Å². The highest BCUT2D eigenvalue weighted by atomic mass is 79.9. The summed E-state index contributed by atoms with van der Waals surface area (Å²) in [7, 11) is 0. The van der Waals surface area contributed by atoms with Crippen LogP contribution in [0.3, 0.4) is 0 Å². The summed E-state index contributed by atoms with van der Waals surface area (Å²) in [5, 5.41) is 20.3. The van der Waals surface area contributed by atoms with Gasteiger partial charge in [0.1, 0.15) is 23.2 Å². The Kier molecular flexibility index (Phi) is 6.11. The van der Waals surface area contributed by atoms with Crippen LogP contribution in [0.25, 0.3) is 11.3 Å². The number of carbonyl (C=O) groups excluding carboxylic acids is 1. The Balaban J connectivity index is 1.67. The minimum atomic E-state index is -0.698. The maximum absolute atomic E-state index is 13.9. The first-order valence-corrected chi connectivity index (χ1v) is 9.66. The van der Waals surface area contributed by atoms with Crippen molar-refractivity contribution in [2.45, 2.75) is 24.8 Å². The smallest absolute Gasteiger partial charge is 0.273 e. The zero-order chi connectivity index (χ0) is 20.3. The summed E-state index contributed by atoms with van der Waals surface area (Å²) in [4.78, 5) is 12.2. The van der Waals surface area contributed by atoms with Crippen LogP contribution < -0.4 is 5.32 Å². The largest absolute Gasteiger partial charge is 0.360 e. The summed E-state index contributed by atoms with van der Waals surface area (Å²) in [6.45, 7) is 2.21. The van der Waals surface area contributed by atoms with Gasteiger partial charge in [-0.2, -0.15) is 10.4 Å². The standard InChI is InChI=1S/C18H14BrClFN5O2/c1-10(23-18(27)17-6-12(7-19)28-25-17)9-26-3-2-16(24-26)11-4-14(20)13(8-22)15(21)5-11/h2-6,10H,7,9H2,1H3,(H,23,27). The van der Waals surface area contributed by atoms with E-state index in [4.69, 9.17) is 21.4 Å². The fourth-order valence-electron chi connectivity index (χ4n) is 2.55. The molecule has 2 heterocycles. The monoisotopic (exact) mass is 465 g/mol. The van der Waals surface area contributed by atoms with Crippen molar-refractivity contribution >= 4 is 33.4 Å². The maximum atomic E-state index is 13.9. The van der Waals surface area contributed by atoms with Gasteiger partial charge in [-0.1, -0.05) is 32.7 Å². The van der Waals surface area contributed by atoms with Gasteiger partial charge in [0.25, 0.3) is 5.91 Å². The maximum Gasteiger partial charge on any atom is 0.273 e. The molecule has 144 valence electrons. The number of nitrogens with zero attached hydrogens (tertiary/aromatic N) is 4. The van der Waals surface area contributed by atoms with Crippen molar-refractivity contribution < 1.29 is 13.7 Å². The van der Waals surface area contributed by atoms with E-state index in [1.54, 1.807) is 29.1 Å². The molecule has 1 N–H and O–H groups in total. The van der Waals surface area contributed by atoms with E-state index in [-0.39, 0.29) is 28.2 Å². The van der Waals surface area contributed by atoms with Gasteiger partial charge in [0.2, 0.25) is 0 Å². The second kappa shape index (κ2) is 8.54. The Labute approximate surface area is 173 Å². The van der Waals surface area contributed by atoms with Crippen LogP contribution in [0.1, 0.15) is 28.7 Å². The molecule has 0 radical (unpaired) electrons. The molecule has 0 saturated carbocycles. The van der Waals surface area contributed by atoms with Crippen LogP contribution in [0.15, 0.2) is 35.0 Å². The molecular formula is C18H14BrClFN5O2. The zero-order valence-corrected chi connectivity index (χ0v) is 17.0. The lowest BCUT2D eigenvalue weighted by Crippen LogP contribution is -2.36. The molecule has 7 nitrogen and oxygen atoms in total. The number of rotatable bonds is 6. The number of nitrogens with one attached hydrogen (secondary N) is 1. The molecule has 10 heteroatoms. The fourth-order valence-corrected chi connectivity index (χ4v) is 3.07. The Morgan fingerprint density at radius 2 is 2.29 bits per heavy atom.